The summed E-state index contributed by atoms with van der Waals surface area (Å²) in [5, 5.41) is 4.30. The summed E-state index contributed by atoms with van der Waals surface area (Å²) >= 11 is 1.62. The third-order valence-corrected chi connectivity index (χ3v) is 2.71. The molecule has 0 aliphatic carbocycles. The maximum absolute atomic E-state index is 5.30. The van der Waals surface area contributed by atoms with Gasteiger partial charge in [-0.2, -0.15) is 0 Å². The van der Waals surface area contributed by atoms with Gasteiger partial charge in [-0.1, -0.05) is 13.5 Å². The maximum atomic E-state index is 5.30. The molecule has 0 saturated carbocycles. The minimum Gasteiger partial charge on any atom is -0.493 e. The van der Waals surface area contributed by atoms with Gasteiger partial charge in [0.25, 0.3) is 0 Å². The lowest BCUT2D eigenvalue weighted by Crippen LogP contribution is -2.11. The predicted octanol–water partition coefficient (Wildman–Crippen LogP) is 2.26. The molecule has 0 unspecified atom stereocenters. The quantitative estimate of drug-likeness (QED) is 0.734. The third kappa shape index (κ3) is 3.12. The zero-order valence-corrected chi connectivity index (χ0v) is 9.49. The summed E-state index contributed by atoms with van der Waals surface area (Å²) in [6.07, 6.45) is 1.81. The Bertz CT molecular complexity index is 296. The molecule has 1 rings (SSSR count). The van der Waals surface area contributed by atoms with Crippen LogP contribution in [0, 0.1) is 0 Å². The van der Waals surface area contributed by atoms with Crippen LogP contribution >= 0.6 is 11.3 Å². The highest BCUT2D eigenvalue weighted by Crippen LogP contribution is 2.21. The minimum absolute atomic E-state index is 0.652. The fraction of sp³-hybridized carbons (Fsp3) is 0.500. The van der Waals surface area contributed by atoms with Gasteiger partial charge in [0.1, 0.15) is 10.8 Å². The van der Waals surface area contributed by atoms with Gasteiger partial charge in [0.2, 0.25) is 0 Å². The lowest BCUT2D eigenvalue weighted by molar-refractivity contribution is 0.300. The first-order valence-electron chi connectivity index (χ1n) is 4.75. The molecule has 0 aliphatic heterocycles. The highest BCUT2D eigenvalue weighted by molar-refractivity contribution is 7.12. The molecule has 0 fully saturated rings. The van der Waals surface area contributed by atoms with Crippen molar-refractivity contribution in [2.24, 2.45) is 0 Å². The smallest absolute Gasteiger partial charge is 0.130 e. The van der Waals surface area contributed by atoms with E-state index in [1.54, 1.807) is 11.3 Å². The van der Waals surface area contributed by atoms with Crippen LogP contribution in [0.2, 0.25) is 0 Å². The van der Waals surface area contributed by atoms with Crippen LogP contribution in [0.25, 0.3) is 5.76 Å². The number of nitrogens with zero attached hydrogens (tertiary/aromatic N) is 1. The minimum atomic E-state index is 0.652. The van der Waals surface area contributed by atoms with Crippen molar-refractivity contribution >= 4 is 17.1 Å². The molecule has 0 aliphatic rings. The van der Waals surface area contributed by atoms with E-state index in [-0.39, 0.29) is 0 Å². The Morgan fingerprint density at radius 1 is 1.64 bits per heavy atom. The lowest BCUT2D eigenvalue weighted by Gasteiger charge is -2.01. The normalized spacial score (nSPS) is 10.1. The SMILES string of the molecule is C=C(OCC)c1cnc(CNCC)s1. The van der Waals surface area contributed by atoms with Crippen molar-refractivity contribution in [3.8, 4) is 0 Å². The highest BCUT2D eigenvalue weighted by atomic mass is 32.1. The van der Waals surface area contributed by atoms with Gasteiger partial charge < -0.3 is 10.1 Å². The molecular formula is C10H16N2OS. The van der Waals surface area contributed by atoms with Crippen LogP contribution in [0.3, 0.4) is 0 Å². The number of rotatable bonds is 6. The summed E-state index contributed by atoms with van der Waals surface area (Å²) in [7, 11) is 0. The third-order valence-electron chi connectivity index (χ3n) is 1.67. The van der Waals surface area contributed by atoms with Gasteiger partial charge in [-0.3, -0.25) is 0 Å². The van der Waals surface area contributed by atoms with Crippen molar-refractivity contribution < 1.29 is 4.74 Å². The van der Waals surface area contributed by atoms with Gasteiger partial charge in [0.15, 0.2) is 0 Å². The van der Waals surface area contributed by atoms with E-state index in [2.05, 4.69) is 23.8 Å². The van der Waals surface area contributed by atoms with E-state index < -0.39 is 0 Å². The van der Waals surface area contributed by atoms with E-state index in [0.29, 0.717) is 12.4 Å². The average Bonchev–Trinajstić information content (AvgIpc) is 2.63. The van der Waals surface area contributed by atoms with Crippen molar-refractivity contribution in [2.45, 2.75) is 20.4 Å². The fourth-order valence-electron chi connectivity index (χ4n) is 0.998. The van der Waals surface area contributed by atoms with Crippen LogP contribution in [0.15, 0.2) is 12.8 Å². The summed E-state index contributed by atoms with van der Waals surface area (Å²) in [6.45, 7) is 10.3. The van der Waals surface area contributed by atoms with E-state index in [9.17, 15) is 0 Å². The topological polar surface area (TPSA) is 34.1 Å². The van der Waals surface area contributed by atoms with Gasteiger partial charge in [-0.15, -0.1) is 11.3 Å². The monoisotopic (exact) mass is 212 g/mol. The average molecular weight is 212 g/mol. The summed E-state index contributed by atoms with van der Waals surface area (Å²) in [5.41, 5.74) is 0. The van der Waals surface area contributed by atoms with Crippen LogP contribution in [0.1, 0.15) is 23.7 Å². The number of hydrogen-bond acceptors (Lipinski definition) is 4. The summed E-state index contributed by atoms with van der Waals surface area (Å²) < 4.78 is 5.30. The molecule has 0 amide bonds. The Morgan fingerprint density at radius 2 is 2.43 bits per heavy atom. The van der Waals surface area contributed by atoms with E-state index in [4.69, 9.17) is 4.74 Å². The van der Waals surface area contributed by atoms with Crippen LogP contribution in [0.4, 0.5) is 0 Å². The van der Waals surface area contributed by atoms with Crippen LogP contribution in [0.5, 0.6) is 0 Å². The van der Waals surface area contributed by atoms with Crippen LogP contribution < -0.4 is 5.32 Å². The second-order valence-corrected chi connectivity index (χ2v) is 3.87. The largest absolute Gasteiger partial charge is 0.493 e. The van der Waals surface area contributed by atoms with Gasteiger partial charge in [-0.05, 0) is 13.5 Å². The Hall–Kier alpha value is -0.870. The molecule has 1 aromatic rings. The summed E-state index contributed by atoms with van der Waals surface area (Å²) in [4.78, 5) is 5.29. The molecule has 0 radical (unpaired) electrons. The maximum Gasteiger partial charge on any atom is 0.130 e. The second-order valence-electron chi connectivity index (χ2n) is 2.75. The Balaban J connectivity index is 2.54. The zero-order valence-electron chi connectivity index (χ0n) is 8.67. The first kappa shape index (κ1) is 11.2. The zero-order chi connectivity index (χ0) is 10.4. The molecule has 0 bridgehead atoms. The fourth-order valence-corrected chi connectivity index (χ4v) is 1.81. The highest BCUT2D eigenvalue weighted by Gasteiger charge is 2.04. The predicted molar refractivity (Wildman–Crippen MR) is 60.2 cm³/mol. The molecule has 1 aromatic heterocycles. The van der Waals surface area contributed by atoms with Crippen LogP contribution in [-0.2, 0) is 11.3 Å². The molecule has 0 atom stereocenters. The first-order chi connectivity index (χ1) is 6.77. The van der Waals surface area contributed by atoms with Crippen molar-refractivity contribution in [3.05, 3.63) is 22.7 Å². The molecule has 0 aromatic carbocycles. The number of ether oxygens (including phenoxy) is 1. The van der Waals surface area contributed by atoms with Gasteiger partial charge in [0.05, 0.1) is 11.5 Å². The number of nitrogens with one attached hydrogen (secondary N) is 1. The molecule has 1 N–H and O–H groups in total. The van der Waals surface area contributed by atoms with E-state index in [1.165, 1.54) is 0 Å². The first-order valence-corrected chi connectivity index (χ1v) is 5.57. The molecule has 3 nitrogen and oxygen atoms in total. The molecule has 0 saturated heterocycles. The molecular weight excluding hydrogens is 196 g/mol. The Kier molecular flexibility index (Phi) is 4.62. The molecule has 78 valence electrons. The van der Waals surface area contributed by atoms with Gasteiger partial charge in [-0.25, -0.2) is 4.98 Å². The Labute approximate surface area is 88.8 Å². The Morgan fingerprint density at radius 3 is 3.07 bits per heavy atom. The summed E-state index contributed by atoms with van der Waals surface area (Å²) in [5.74, 6) is 0.716. The van der Waals surface area contributed by atoms with Gasteiger partial charge >= 0.3 is 0 Å². The van der Waals surface area contributed by atoms with E-state index in [0.717, 1.165) is 23.0 Å². The standard InChI is InChI=1S/C10H16N2OS/c1-4-11-7-10-12-6-9(14-10)8(3)13-5-2/h6,11H,3-5,7H2,1-2H3. The second kappa shape index (κ2) is 5.78. The lowest BCUT2D eigenvalue weighted by atomic mass is 10.5. The van der Waals surface area contributed by atoms with Crippen molar-refractivity contribution in [2.75, 3.05) is 13.2 Å². The van der Waals surface area contributed by atoms with Crippen LogP contribution in [-0.4, -0.2) is 18.1 Å². The van der Waals surface area contributed by atoms with E-state index >= 15 is 0 Å². The van der Waals surface area contributed by atoms with Crippen molar-refractivity contribution in [3.63, 3.8) is 0 Å². The molecule has 4 heteroatoms. The number of aromatic nitrogens is 1. The molecule has 14 heavy (non-hydrogen) atoms. The van der Waals surface area contributed by atoms with Crippen molar-refractivity contribution in [1.29, 1.82) is 0 Å². The molecule has 0 spiro atoms. The molecule has 1 heterocycles. The van der Waals surface area contributed by atoms with Gasteiger partial charge in [0, 0.05) is 12.7 Å². The number of thiazole rings is 1. The van der Waals surface area contributed by atoms with Crippen molar-refractivity contribution in [1.82, 2.24) is 10.3 Å². The summed E-state index contributed by atoms with van der Waals surface area (Å²) in [6, 6.07) is 0. The van der Waals surface area contributed by atoms with E-state index in [1.807, 2.05) is 13.1 Å². The number of hydrogen-bond donors (Lipinski definition) is 1.